The summed E-state index contributed by atoms with van der Waals surface area (Å²) in [6, 6.07) is 12.2. The predicted molar refractivity (Wildman–Crippen MR) is 85.4 cm³/mol. The zero-order chi connectivity index (χ0) is 15.4. The summed E-state index contributed by atoms with van der Waals surface area (Å²) in [5.41, 5.74) is 7.59. The minimum atomic E-state index is -0.0808. The van der Waals surface area contributed by atoms with Gasteiger partial charge in [-0.2, -0.15) is 0 Å². The number of furan rings is 1. The first kappa shape index (κ1) is 14.9. The molecule has 0 bridgehead atoms. The van der Waals surface area contributed by atoms with Crippen molar-refractivity contribution in [1.82, 2.24) is 5.32 Å². The van der Waals surface area contributed by atoms with Crippen LogP contribution < -0.4 is 11.1 Å². The summed E-state index contributed by atoms with van der Waals surface area (Å²) in [5, 5.41) is 3.06. The molecule has 1 aliphatic carbocycles. The van der Waals surface area contributed by atoms with Crippen LogP contribution in [-0.2, 0) is 13.0 Å². The second kappa shape index (κ2) is 6.36. The maximum Gasteiger partial charge on any atom is 0.254 e. The van der Waals surface area contributed by atoms with Crippen LogP contribution in [0.4, 0.5) is 0 Å². The van der Waals surface area contributed by atoms with Gasteiger partial charge in [0.05, 0.1) is 12.1 Å². The molecule has 0 spiro atoms. The SMILES string of the molecule is NCc1cc(C(=O)NCC2(Cc3ccccc3)CCC2)co1. The highest BCUT2D eigenvalue weighted by molar-refractivity contribution is 5.94. The predicted octanol–water partition coefficient (Wildman–Crippen LogP) is 2.88. The number of carbonyl (C=O) groups is 1. The minimum Gasteiger partial charge on any atom is -0.467 e. The molecule has 1 saturated carbocycles. The van der Waals surface area contributed by atoms with Gasteiger partial charge in [-0.1, -0.05) is 36.8 Å². The van der Waals surface area contributed by atoms with Gasteiger partial charge in [0, 0.05) is 6.54 Å². The lowest BCUT2D eigenvalue weighted by atomic mass is 9.65. The van der Waals surface area contributed by atoms with Crippen LogP contribution in [0.5, 0.6) is 0 Å². The third-order valence-electron chi connectivity index (χ3n) is 4.58. The number of amides is 1. The highest BCUT2D eigenvalue weighted by Crippen LogP contribution is 2.43. The summed E-state index contributed by atoms with van der Waals surface area (Å²) < 4.78 is 5.22. The van der Waals surface area contributed by atoms with E-state index in [4.69, 9.17) is 10.2 Å². The molecular formula is C18H22N2O2. The van der Waals surface area contributed by atoms with Crippen LogP contribution >= 0.6 is 0 Å². The molecule has 1 amide bonds. The van der Waals surface area contributed by atoms with Crippen LogP contribution in [0.3, 0.4) is 0 Å². The van der Waals surface area contributed by atoms with Crippen LogP contribution in [0, 0.1) is 5.41 Å². The number of hydrogen-bond donors (Lipinski definition) is 2. The summed E-state index contributed by atoms with van der Waals surface area (Å²) in [6.07, 6.45) is 6.07. The highest BCUT2D eigenvalue weighted by atomic mass is 16.3. The standard InChI is InChI=1S/C18H22N2O2/c19-11-16-9-15(12-22-16)17(21)20-13-18(7-4-8-18)10-14-5-2-1-3-6-14/h1-3,5-6,9,12H,4,7-8,10-11,13,19H2,(H,20,21). The molecule has 4 nitrogen and oxygen atoms in total. The third kappa shape index (κ3) is 3.22. The molecule has 0 saturated heterocycles. The lowest BCUT2D eigenvalue weighted by Gasteiger charge is -2.42. The fourth-order valence-corrected chi connectivity index (χ4v) is 3.10. The summed E-state index contributed by atoms with van der Waals surface area (Å²) in [7, 11) is 0. The molecule has 0 radical (unpaired) electrons. The molecule has 116 valence electrons. The topological polar surface area (TPSA) is 68.3 Å². The van der Waals surface area contributed by atoms with Gasteiger partial charge < -0.3 is 15.5 Å². The molecule has 1 aliphatic rings. The quantitative estimate of drug-likeness (QED) is 0.861. The van der Waals surface area contributed by atoms with Crippen LogP contribution in [0.1, 0.15) is 40.9 Å². The average Bonchev–Trinajstić information content (AvgIpc) is 2.99. The Morgan fingerprint density at radius 2 is 2.05 bits per heavy atom. The molecule has 22 heavy (non-hydrogen) atoms. The Labute approximate surface area is 130 Å². The summed E-state index contributed by atoms with van der Waals surface area (Å²) in [4.78, 5) is 12.2. The van der Waals surface area contributed by atoms with E-state index in [0.717, 1.165) is 6.42 Å². The van der Waals surface area contributed by atoms with Crippen LogP contribution in [0.25, 0.3) is 0 Å². The van der Waals surface area contributed by atoms with Gasteiger partial charge in [-0.15, -0.1) is 0 Å². The zero-order valence-corrected chi connectivity index (χ0v) is 12.7. The van der Waals surface area contributed by atoms with Gasteiger partial charge in [0.1, 0.15) is 12.0 Å². The number of hydrogen-bond acceptors (Lipinski definition) is 3. The largest absolute Gasteiger partial charge is 0.467 e. The smallest absolute Gasteiger partial charge is 0.254 e. The van der Waals surface area contributed by atoms with Crippen molar-refractivity contribution in [1.29, 1.82) is 0 Å². The lowest BCUT2D eigenvalue weighted by Crippen LogP contribution is -2.43. The van der Waals surface area contributed by atoms with Crippen molar-refractivity contribution in [3.05, 3.63) is 59.5 Å². The van der Waals surface area contributed by atoms with Gasteiger partial charge in [-0.25, -0.2) is 0 Å². The zero-order valence-electron chi connectivity index (χ0n) is 12.7. The van der Waals surface area contributed by atoms with E-state index in [1.165, 1.54) is 31.1 Å². The molecule has 3 N–H and O–H groups in total. The van der Waals surface area contributed by atoms with E-state index < -0.39 is 0 Å². The van der Waals surface area contributed by atoms with Crippen molar-refractivity contribution in [3.8, 4) is 0 Å². The van der Waals surface area contributed by atoms with Gasteiger partial charge >= 0.3 is 0 Å². The van der Waals surface area contributed by atoms with Crippen molar-refractivity contribution in [2.75, 3.05) is 6.54 Å². The van der Waals surface area contributed by atoms with Crippen molar-refractivity contribution in [3.63, 3.8) is 0 Å². The van der Waals surface area contributed by atoms with Crippen molar-refractivity contribution in [2.45, 2.75) is 32.2 Å². The van der Waals surface area contributed by atoms with E-state index in [9.17, 15) is 4.79 Å². The average molecular weight is 298 g/mol. The second-order valence-electron chi connectivity index (χ2n) is 6.20. The van der Waals surface area contributed by atoms with Gasteiger partial charge in [0.2, 0.25) is 0 Å². The molecule has 1 aromatic carbocycles. The molecule has 2 aromatic rings. The van der Waals surface area contributed by atoms with E-state index >= 15 is 0 Å². The summed E-state index contributed by atoms with van der Waals surface area (Å²) >= 11 is 0. The molecule has 0 atom stereocenters. The molecule has 1 aromatic heterocycles. The molecule has 0 aliphatic heterocycles. The second-order valence-corrected chi connectivity index (χ2v) is 6.20. The van der Waals surface area contributed by atoms with E-state index in [2.05, 4.69) is 29.6 Å². The number of carbonyl (C=O) groups excluding carboxylic acids is 1. The maximum atomic E-state index is 12.2. The Kier molecular flexibility index (Phi) is 4.29. The van der Waals surface area contributed by atoms with Crippen molar-refractivity contribution >= 4 is 5.91 Å². The molecule has 1 heterocycles. The molecule has 0 unspecified atom stereocenters. The van der Waals surface area contributed by atoms with E-state index in [-0.39, 0.29) is 11.3 Å². The summed E-state index contributed by atoms with van der Waals surface area (Å²) in [6.45, 7) is 1.02. The first-order valence-corrected chi connectivity index (χ1v) is 7.80. The van der Waals surface area contributed by atoms with Gasteiger partial charge in [0.25, 0.3) is 5.91 Å². The molecular weight excluding hydrogens is 276 g/mol. The Morgan fingerprint density at radius 1 is 1.27 bits per heavy atom. The number of benzene rings is 1. The first-order valence-electron chi connectivity index (χ1n) is 7.80. The van der Waals surface area contributed by atoms with Crippen molar-refractivity contribution < 1.29 is 9.21 Å². The molecule has 1 fully saturated rings. The van der Waals surface area contributed by atoms with Crippen LogP contribution in [0.15, 0.2) is 47.1 Å². The number of rotatable bonds is 6. The van der Waals surface area contributed by atoms with Gasteiger partial charge in [-0.05, 0) is 36.3 Å². The van der Waals surface area contributed by atoms with Crippen LogP contribution in [-0.4, -0.2) is 12.5 Å². The molecule has 3 rings (SSSR count). The monoisotopic (exact) mass is 298 g/mol. The van der Waals surface area contributed by atoms with E-state index in [0.29, 0.717) is 24.4 Å². The lowest BCUT2D eigenvalue weighted by molar-refractivity contribution is 0.0859. The number of nitrogens with two attached hydrogens (primary N) is 1. The third-order valence-corrected chi connectivity index (χ3v) is 4.58. The highest BCUT2D eigenvalue weighted by Gasteiger charge is 2.37. The first-order chi connectivity index (χ1) is 10.7. The van der Waals surface area contributed by atoms with E-state index in [1.807, 2.05) is 6.07 Å². The maximum absolute atomic E-state index is 12.2. The van der Waals surface area contributed by atoms with Crippen LogP contribution in [0.2, 0.25) is 0 Å². The van der Waals surface area contributed by atoms with Gasteiger partial charge in [-0.3, -0.25) is 4.79 Å². The summed E-state index contributed by atoms with van der Waals surface area (Å²) in [5.74, 6) is 0.551. The Balaban J connectivity index is 1.60. The van der Waals surface area contributed by atoms with Gasteiger partial charge in [0.15, 0.2) is 0 Å². The Hall–Kier alpha value is -2.07. The Morgan fingerprint density at radius 3 is 2.64 bits per heavy atom. The minimum absolute atomic E-state index is 0.0808. The fourth-order valence-electron chi connectivity index (χ4n) is 3.10. The molecule has 4 heteroatoms. The fraction of sp³-hybridized carbons (Fsp3) is 0.389. The Bertz CT molecular complexity index is 630. The number of nitrogens with one attached hydrogen (secondary N) is 1. The van der Waals surface area contributed by atoms with E-state index in [1.54, 1.807) is 6.07 Å². The normalized spacial score (nSPS) is 16.0. The van der Waals surface area contributed by atoms with Crippen molar-refractivity contribution in [2.24, 2.45) is 11.1 Å².